The fraction of sp³-hybridized carbons (Fsp3) is 0.562. The van der Waals surface area contributed by atoms with Crippen LogP contribution in [0, 0.1) is 5.82 Å². The predicted octanol–water partition coefficient (Wildman–Crippen LogP) is 3.58. The van der Waals surface area contributed by atoms with E-state index in [1.54, 1.807) is 12.1 Å². The molecule has 1 aliphatic heterocycles. The molecule has 1 aromatic rings. The Bertz CT molecular complexity index is 519. The molecule has 0 aliphatic carbocycles. The van der Waals surface area contributed by atoms with Crippen molar-refractivity contribution in [2.75, 3.05) is 13.1 Å². The lowest BCUT2D eigenvalue weighted by Crippen LogP contribution is -2.50. The zero-order chi connectivity index (χ0) is 15.6. The minimum atomic E-state index is -0.412. The van der Waals surface area contributed by atoms with E-state index in [1.807, 2.05) is 0 Å². The Morgan fingerprint density at radius 3 is 2.52 bits per heavy atom. The van der Waals surface area contributed by atoms with Gasteiger partial charge < -0.3 is 5.32 Å². The van der Waals surface area contributed by atoms with Gasteiger partial charge in [-0.05, 0) is 61.7 Å². The fourth-order valence-corrected chi connectivity index (χ4v) is 3.08. The summed E-state index contributed by atoms with van der Waals surface area (Å²) in [5.41, 5.74) is 0.522. The van der Waals surface area contributed by atoms with Gasteiger partial charge in [0.2, 0.25) is 0 Å². The third-order valence-corrected chi connectivity index (χ3v) is 4.78. The number of piperidine rings is 1. The summed E-state index contributed by atoms with van der Waals surface area (Å²) in [7, 11) is 0. The summed E-state index contributed by atoms with van der Waals surface area (Å²) in [6.45, 7) is 8.55. The SMILES string of the molecule is CC(C)(C)N1CCC(NC(=O)c2cccc(F)c2Br)CC1. The second-order valence-corrected chi connectivity index (χ2v) is 7.30. The third kappa shape index (κ3) is 4.04. The molecule has 0 saturated carbocycles. The zero-order valence-corrected chi connectivity index (χ0v) is 14.3. The van der Waals surface area contributed by atoms with Crippen molar-refractivity contribution in [2.24, 2.45) is 0 Å². The monoisotopic (exact) mass is 356 g/mol. The molecule has 1 amide bonds. The average Bonchev–Trinajstić information content (AvgIpc) is 2.41. The van der Waals surface area contributed by atoms with Crippen molar-refractivity contribution in [1.29, 1.82) is 0 Å². The number of nitrogens with one attached hydrogen (secondary N) is 1. The van der Waals surface area contributed by atoms with Gasteiger partial charge in [0.05, 0.1) is 10.0 Å². The van der Waals surface area contributed by atoms with E-state index in [1.165, 1.54) is 6.07 Å². The van der Waals surface area contributed by atoms with E-state index in [2.05, 4.69) is 46.9 Å². The van der Waals surface area contributed by atoms with Crippen LogP contribution in [0.2, 0.25) is 0 Å². The van der Waals surface area contributed by atoms with Crippen LogP contribution < -0.4 is 5.32 Å². The Morgan fingerprint density at radius 1 is 1.33 bits per heavy atom. The Balaban J connectivity index is 1.95. The quantitative estimate of drug-likeness (QED) is 0.878. The van der Waals surface area contributed by atoms with Crippen LogP contribution in [0.3, 0.4) is 0 Å². The highest BCUT2D eigenvalue weighted by Gasteiger charge is 2.28. The molecule has 116 valence electrons. The van der Waals surface area contributed by atoms with Crippen molar-refractivity contribution >= 4 is 21.8 Å². The minimum Gasteiger partial charge on any atom is -0.349 e. The number of amides is 1. The number of likely N-dealkylation sites (tertiary alicyclic amines) is 1. The molecule has 0 bridgehead atoms. The topological polar surface area (TPSA) is 32.3 Å². The first-order valence-electron chi connectivity index (χ1n) is 7.29. The molecule has 0 spiro atoms. The number of hydrogen-bond donors (Lipinski definition) is 1. The van der Waals surface area contributed by atoms with Gasteiger partial charge in [-0.25, -0.2) is 4.39 Å². The van der Waals surface area contributed by atoms with E-state index in [-0.39, 0.29) is 22.0 Å². The van der Waals surface area contributed by atoms with Crippen LogP contribution in [-0.2, 0) is 0 Å². The number of carbonyl (C=O) groups excluding carboxylic acids is 1. The zero-order valence-electron chi connectivity index (χ0n) is 12.7. The van der Waals surface area contributed by atoms with Crippen molar-refractivity contribution in [3.63, 3.8) is 0 Å². The number of nitrogens with zero attached hydrogens (tertiary/aromatic N) is 1. The van der Waals surface area contributed by atoms with Gasteiger partial charge in [0.15, 0.2) is 0 Å². The molecule has 2 rings (SSSR count). The maximum atomic E-state index is 13.5. The van der Waals surface area contributed by atoms with Gasteiger partial charge in [0, 0.05) is 24.7 Å². The van der Waals surface area contributed by atoms with Gasteiger partial charge in [-0.1, -0.05) is 6.07 Å². The normalized spacial score (nSPS) is 17.8. The Hall–Kier alpha value is -0.940. The summed E-state index contributed by atoms with van der Waals surface area (Å²) >= 11 is 3.14. The van der Waals surface area contributed by atoms with Gasteiger partial charge in [-0.3, -0.25) is 9.69 Å². The van der Waals surface area contributed by atoms with E-state index in [9.17, 15) is 9.18 Å². The van der Waals surface area contributed by atoms with E-state index in [0.29, 0.717) is 5.56 Å². The van der Waals surface area contributed by atoms with Crippen molar-refractivity contribution in [3.05, 3.63) is 34.1 Å². The van der Waals surface area contributed by atoms with E-state index >= 15 is 0 Å². The third-order valence-electron chi connectivity index (χ3n) is 3.98. The minimum absolute atomic E-state index is 0.159. The number of halogens is 2. The molecule has 1 aliphatic rings. The highest BCUT2D eigenvalue weighted by atomic mass is 79.9. The largest absolute Gasteiger partial charge is 0.349 e. The summed E-state index contributed by atoms with van der Waals surface area (Å²) in [6.07, 6.45) is 1.85. The maximum Gasteiger partial charge on any atom is 0.252 e. The van der Waals surface area contributed by atoms with E-state index in [4.69, 9.17) is 0 Å². The summed E-state index contributed by atoms with van der Waals surface area (Å²) < 4.78 is 13.7. The van der Waals surface area contributed by atoms with E-state index < -0.39 is 5.82 Å². The predicted molar refractivity (Wildman–Crippen MR) is 85.9 cm³/mol. The molecular formula is C16H22BrFN2O. The number of carbonyl (C=O) groups is 1. The van der Waals surface area contributed by atoms with Crippen LogP contribution in [0.5, 0.6) is 0 Å². The first kappa shape index (κ1) is 16.4. The molecule has 1 aromatic carbocycles. The first-order chi connectivity index (χ1) is 9.79. The molecule has 1 fully saturated rings. The first-order valence-corrected chi connectivity index (χ1v) is 8.08. The summed E-state index contributed by atoms with van der Waals surface area (Å²) in [5, 5.41) is 3.01. The van der Waals surface area contributed by atoms with Gasteiger partial charge in [-0.15, -0.1) is 0 Å². The molecule has 0 radical (unpaired) electrons. The number of hydrogen-bond acceptors (Lipinski definition) is 2. The molecule has 0 unspecified atom stereocenters. The highest BCUT2D eigenvalue weighted by Crippen LogP contribution is 2.22. The van der Waals surface area contributed by atoms with Crippen LogP contribution in [-0.4, -0.2) is 35.5 Å². The molecule has 3 nitrogen and oxygen atoms in total. The Labute approximate surface area is 134 Å². The molecule has 0 aromatic heterocycles. The lowest BCUT2D eigenvalue weighted by molar-refractivity contribution is 0.0811. The standard InChI is InChI=1S/C16H22BrFN2O/c1-16(2,3)20-9-7-11(8-10-20)19-15(21)12-5-4-6-13(18)14(12)17/h4-6,11H,7-10H2,1-3H3,(H,19,21). The lowest BCUT2D eigenvalue weighted by atomic mass is 9.98. The molecule has 1 N–H and O–H groups in total. The van der Waals surface area contributed by atoms with Gasteiger partial charge in [-0.2, -0.15) is 0 Å². The van der Waals surface area contributed by atoms with Crippen LogP contribution in [0.15, 0.2) is 22.7 Å². The molecule has 1 heterocycles. The lowest BCUT2D eigenvalue weighted by Gasteiger charge is -2.41. The van der Waals surface area contributed by atoms with Crippen molar-refractivity contribution in [3.8, 4) is 0 Å². The van der Waals surface area contributed by atoms with Crippen LogP contribution in [0.1, 0.15) is 44.0 Å². The Morgan fingerprint density at radius 2 is 1.95 bits per heavy atom. The number of benzene rings is 1. The summed E-state index contributed by atoms with van der Waals surface area (Å²) in [5.74, 6) is -0.624. The highest BCUT2D eigenvalue weighted by molar-refractivity contribution is 9.10. The molecule has 1 saturated heterocycles. The van der Waals surface area contributed by atoms with Crippen molar-refractivity contribution in [1.82, 2.24) is 10.2 Å². The van der Waals surface area contributed by atoms with Crippen LogP contribution >= 0.6 is 15.9 Å². The Kier molecular flexibility index (Phi) is 5.04. The number of rotatable bonds is 2. The van der Waals surface area contributed by atoms with Crippen molar-refractivity contribution < 1.29 is 9.18 Å². The van der Waals surface area contributed by atoms with Gasteiger partial charge >= 0.3 is 0 Å². The molecule has 5 heteroatoms. The average molecular weight is 357 g/mol. The maximum absolute atomic E-state index is 13.5. The second kappa shape index (κ2) is 6.44. The van der Waals surface area contributed by atoms with E-state index in [0.717, 1.165) is 25.9 Å². The smallest absolute Gasteiger partial charge is 0.252 e. The second-order valence-electron chi connectivity index (χ2n) is 6.51. The summed E-state index contributed by atoms with van der Waals surface area (Å²) in [6, 6.07) is 4.68. The fourth-order valence-electron chi connectivity index (χ4n) is 2.64. The van der Waals surface area contributed by atoms with Gasteiger partial charge in [0.25, 0.3) is 5.91 Å². The van der Waals surface area contributed by atoms with Crippen molar-refractivity contribution in [2.45, 2.75) is 45.2 Å². The molecule has 0 atom stereocenters. The molecular weight excluding hydrogens is 335 g/mol. The van der Waals surface area contributed by atoms with Gasteiger partial charge in [0.1, 0.15) is 5.82 Å². The van der Waals surface area contributed by atoms with Crippen LogP contribution in [0.4, 0.5) is 4.39 Å². The molecule has 21 heavy (non-hydrogen) atoms. The summed E-state index contributed by atoms with van der Waals surface area (Å²) in [4.78, 5) is 14.7. The van der Waals surface area contributed by atoms with Crippen LogP contribution in [0.25, 0.3) is 0 Å².